The van der Waals surface area contributed by atoms with Crippen molar-refractivity contribution in [2.24, 2.45) is 11.8 Å². The van der Waals surface area contributed by atoms with E-state index in [0.29, 0.717) is 29.8 Å². The maximum atomic E-state index is 13.1. The van der Waals surface area contributed by atoms with Gasteiger partial charge in [-0.25, -0.2) is 0 Å². The molecule has 1 saturated carbocycles. The van der Waals surface area contributed by atoms with Gasteiger partial charge in [0.05, 0.1) is 22.1 Å². The summed E-state index contributed by atoms with van der Waals surface area (Å²) in [4.78, 5) is 0. The van der Waals surface area contributed by atoms with Gasteiger partial charge in [-0.1, -0.05) is 42.1 Å². The van der Waals surface area contributed by atoms with E-state index < -0.39 is 24.1 Å². The average Bonchev–Trinajstić information content (AvgIpc) is 2.40. The fourth-order valence-electron chi connectivity index (χ4n) is 2.89. The van der Waals surface area contributed by atoms with Crippen LogP contribution in [0.5, 0.6) is 0 Å². The van der Waals surface area contributed by atoms with E-state index >= 15 is 0 Å². The van der Waals surface area contributed by atoms with Crippen molar-refractivity contribution in [2.45, 2.75) is 38.0 Å². The van der Waals surface area contributed by atoms with Crippen molar-refractivity contribution < 1.29 is 18.3 Å². The number of aliphatic hydroxyl groups is 1. The Labute approximate surface area is 125 Å². The van der Waals surface area contributed by atoms with Crippen LogP contribution in [0, 0.1) is 11.8 Å². The Morgan fingerprint density at radius 1 is 1.10 bits per heavy atom. The SMILES string of the molecule is OC(c1ccc(Cl)c(Cl)c1)C1CCCCC1C(F)(F)F. The Bertz CT molecular complexity index is 476. The first-order valence-corrected chi connectivity index (χ1v) is 7.26. The number of benzene rings is 1. The zero-order chi connectivity index (χ0) is 14.9. The van der Waals surface area contributed by atoms with Crippen molar-refractivity contribution in [1.29, 1.82) is 0 Å². The van der Waals surface area contributed by atoms with E-state index in [4.69, 9.17) is 23.2 Å². The quantitative estimate of drug-likeness (QED) is 0.771. The summed E-state index contributed by atoms with van der Waals surface area (Å²) in [6.07, 6.45) is -3.75. The van der Waals surface area contributed by atoms with Crippen LogP contribution in [0.1, 0.15) is 37.4 Å². The second-order valence-electron chi connectivity index (χ2n) is 5.21. The van der Waals surface area contributed by atoms with E-state index in [2.05, 4.69) is 0 Å². The minimum atomic E-state index is -4.28. The van der Waals surface area contributed by atoms with Crippen molar-refractivity contribution in [1.82, 2.24) is 0 Å². The van der Waals surface area contributed by atoms with Gasteiger partial charge in [-0.15, -0.1) is 0 Å². The molecular formula is C14H15Cl2F3O. The van der Waals surface area contributed by atoms with Gasteiger partial charge in [0.2, 0.25) is 0 Å². The molecule has 2 rings (SSSR count). The van der Waals surface area contributed by atoms with Crippen LogP contribution in [0.15, 0.2) is 18.2 Å². The lowest BCUT2D eigenvalue weighted by Gasteiger charge is -2.36. The Kier molecular flexibility index (Phi) is 4.88. The van der Waals surface area contributed by atoms with Crippen LogP contribution in [0.25, 0.3) is 0 Å². The molecule has 0 aromatic heterocycles. The molecule has 1 fully saturated rings. The van der Waals surface area contributed by atoms with Crippen LogP contribution in [-0.4, -0.2) is 11.3 Å². The Morgan fingerprint density at radius 2 is 1.75 bits per heavy atom. The molecule has 112 valence electrons. The van der Waals surface area contributed by atoms with E-state index in [-0.39, 0.29) is 11.4 Å². The molecule has 20 heavy (non-hydrogen) atoms. The number of aliphatic hydroxyl groups excluding tert-OH is 1. The molecule has 1 aromatic carbocycles. The van der Waals surface area contributed by atoms with Crippen LogP contribution < -0.4 is 0 Å². The molecule has 0 aliphatic heterocycles. The Balaban J connectivity index is 2.25. The molecule has 1 nitrogen and oxygen atoms in total. The van der Waals surface area contributed by atoms with Gasteiger partial charge in [0, 0.05) is 5.92 Å². The minimum absolute atomic E-state index is 0.0759. The van der Waals surface area contributed by atoms with Crippen LogP contribution in [0.2, 0.25) is 10.0 Å². The smallest absolute Gasteiger partial charge is 0.388 e. The molecule has 3 unspecified atom stereocenters. The normalized spacial score (nSPS) is 25.5. The van der Waals surface area contributed by atoms with Gasteiger partial charge in [-0.05, 0) is 30.5 Å². The topological polar surface area (TPSA) is 20.2 Å². The Morgan fingerprint density at radius 3 is 2.35 bits per heavy atom. The van der Waals surface area contributed by atoms with E-state index in [1.165, 1.54) is 18.2 Å². The maximum absolute atomic E-state index is 13.1. The van der Waals surface area contributed by atoms with Gasteiger partial charge in [0.25, 0.3) is 0 Å². The predicted molar refractivity (Wildman–Crippen MR) is 72.9 cm³/mol. The lowest BCUT2D eigenvalue weighted by Crippen LogP contribution is -2.36. The molecule has 0 heterocycles. The van der Waals surface area contributed by atoms with Gasteiger partial charge in [0.15, 0.2) is 0 Å². The number of hydrogen-bond donors (Lipinski definition) is 1. The van der Waals surface area contributed by atoms with Crippen molar-refractivity contribution >= 4 is 23.2 Å². The number of rotatable bonds is 2. The highest BCUT2D eigenvalue weighted by Crippen LogP contribution is 2.46. The predicted octanol–water partition coefficient (Wildman–Crippen LogP) is 5.40. The summed E-state index contributed by atoms with van der Waals surface area (Å²) in [7, 11) is 0. The minimum Gasteiger partial charge on any atom is -0.388 e. The third kappa shape index (κ3) is 3.41. The molecule has 1 aliphatic rings. The van der Waals surface area contributed by atoms with Gasteiger partial charge in [-0.2, -0.15) is 13.2 Å². The van der Waals surface area contributed by atoms with Crippen molar-refractivity contribution in [3.63, 3.8) is 0 Å². The Hall–Kier alpha value is -0.450. The molecule has 0 spiro atoms. The van der Waals surface area contributed by atoms with Gasteiger partial charge < -0.3 is 5.11 Å². The molecule has 0 saturated heterocycles. The summed E-state index contributed by atoms with van der Waals surface area (Å²) in [6.45, 7) is 0. The second-order valence-corrected chi connectivity index (χ2v) is 6.03. The first kappa shape index (κ1) is 15.9. The van der Waals surface area contributed by atoms with Gasteiger partial charge >= 0.3 is 6.18 Å². The molecule has 0 bridgehead atoms. The average molecular weight is 327 g/mol. The summed E-state index contributed by atoms with van der Waals surface area (Å²) in [6, 6.07) is 4.46. The highest BCUT2D eigenvalue weighted by molar-refractivity contribution is 6.42. The fraction of sp³-hybridized carbons (Fsp3) is 0.571. The first-order chi connectivity index (χ1) is 9.30. The third-order valence-electron chi connectivity index (χ3n) is 3.93. The molecule has 1 N–H and O–H groups in total. The van der Waals surface area contributed by atoms with Crippen molar-refractivity contribution in [2.75, 3.05) is 0 Å². The summed E-state index contributed by atoms with van der Waals surface area (Å²) in [5.41, 5.74) is 0.389. The van der Waals surface area contributed by atoms with Crippen molar-refractivity contribution in [3.05, 3.63) is 33.8 Å². The van der Waals surface area contributed by atoms with Crippen molar-refractivity contribution in [3.8, 4) is 0 Å². The van der Waals surface area contributed by atoms with E-state index in [1.807, 2.05) is 0 Å². The summed E-state index contributed by atoms with van der Waals surface area (Å²) in [5, 5.41) is 10.8. The lowest BCUT2D eigenvalue weighted by molar-refractivity contribution is -0.207. The highest BCUT2D eigenvalue weighted by Gasteiger charge is 2.47. The molecule has 6 heteroatoms. The monoisotopic (exact) mass is 326 g/mol. The second kappa shape index (κ2) is 6.12. The molecule has 1 aromatic rings. The van der Waals surface area contributed by atoms with E-state index in [0.717, 1.165) is 0 Å². The van der Waals surface area contributed by atoms with Crippen LogP contribution in [0.4, 0.5) is 13.2 Å². The summed E-state index contributed by atoms with van der Waals surface area (Å²) >= 11 is 11.6. The van der Waals surface area contributed by atoms with Gasteiger partial charge in [0.1, 0.15) is 0 Å². The highest BCUT2D eigenvalue weighted by atomic mass is 35.5. The van der Waals surface area contributed by atoms with Crippen LogP contribution >= 0.6 is 23.2 Å². The molecule has 0 amide bonds. The lowest BCUT2D eigenvalue weighted by atomic mass is 9.74. The fourth-order valence-corrected chi connectivity index (χ4v) is 3.19. The molecular weight excluding hydrogens is 312 g/mol. The maximum Gasteiger partial charge on any atom is 0.392 e. The number of alkyl halides is 3. The summed E-state index contributed by atoms with van der Waals surface area (Å²) < 4.78 is 39.2. The number of hydrogen-bond acceptors (Lipinski definition) is 1. The zero-order valence-electron chi connectivity index (χ0n) is 10.6. The molecule has 1 aliphatic carbocycles. The molecule has 3 atom stereocenters. The standard InChI is InChI=1S/C14H15Cl2F3O/c15-11-6-5-8(7-12(11)16)13(20)9-3-1-2-4-10(9)14(17,18)19/h5-7,9-10,13,20H,1-4H2. The van der Waals surface area contributed by atoms with E-state index in [9.17, 15) is 18.3 Å². The zero-order valence-corrected chi connectivity index (χ0v) is 12.1. The van der Waals surface area contributed by atoms with Gasteiger partial charge in [-0.3, -0.25) is 0 Å². The summed E-state index contributed by atoms with van der Waals surface area (Å²) in [5.74, 6) is -2.28. The van der Waals surface area contributed by atoms with E-state index in [1.54, 1.807) is 0 Å². The van der Waals surface area contributed by atoms with Crippen LogP contribution in [0.3, 0.4) is 0 Å². The first-order valence-electron chi connectivity index (χ1n) is 6.50. The van der Waals surface area contributed by atoms with Crippen LogP contribution in [-0.2, 0) is 0 Å². The molecule has 0 radical (unpaired) electrons. The largest absolute Gasteiger partial charge is 0.392 e. The third-order valence-corrected chi connectivity index (χ3v) is 4.67. The number of halogens is 5.